The smallest absolute Gasteiger partial charge is 0.151 e. The summed E-state index contributed by atoms with van der Waals surface area (Å²) < 4.78 is 22.9. The molecule has 1 aromatic heterocycles. The zero-order valence-corrected chi connectivity index (χ0v) is 14.8. The van der Waals surface area contributed by atoms with E-state index in [0.717, 1.165) is 10.4 Å². The van der Waals surface area contributed by atoms with Crippen molar-refractivity contribution in [3.63, 3.8) is 0 Å². The summed E-state index contributed by atoms with van der Waals surface area (Å²) in [6, 6.07) is 9.77. The van der Waals surface area contributed by atoms with Gasteiger partial charge in [0.15, 0.2) is 9.84 Å². The molecule has 0 spiro atoms. The van der Waals surface area contributed by atoms with Crippen molar-refractivity contribution in [2.75, 3.05) is 11.5 Å². The van der Waals surface area contributed by atoms with Gasteiger partial charge >= 0.3 is 0 Å². The quantitative estimate of drug-likeness (QED) is 0.878. The van der Waals surface area contributed by atoms with E-state index in [4.69, 9.17) is 23.2 Å². The average molecular weight is 376 g/mol. The molecule has 0 saturated carbocycles. The number of benzene rings is 1. The highest BCUT2D eigenvalue weighted by Crippen LogP contribution is 2.32. The zero-order valence-electron chi connectivity index (χ0n) is 11.7. The van der Waals surface area contributed by atoms with E-state index in [-0.39, 0.29) is 11.8 Å². The van der Waals surface area contributed by atoms with Gasteiger partial charge in [-0.1, -0.05) is 29.3 Å². The number of sulfone groups is 1. The fraction of sp³-hybridized carbons (Fsp3) is 0.333. The monoisotopic (exact) mass is 375 g/mol. The first-order valence-corrected chi connectivity index (χ1v) is 10.3. The summed E-state index contributed by atoms with van der Waals surface area (Å²) in [5.74, 6) is 0.543. The molecule has 22 heavy (non-hydrogen) atoms. The van der Waals surface area contributed by atoms with Crippen LogP contribution in [-0.2, 0) is 16.4 Å². The van der Waals surface area contributed by atoms with Crippen LogP contribution in [0.1, 0.15) is 11.3 Å². The standard InChI is InChI=1S/C15H15Cl2NO2S2/c16-13-3-1-10(7-14(13)17)15-4-2-12(21-15)8-18-11-5-6-22(19,20)9-11/h1-4,7,11,18H,5-6,8-9H2. The van der Waals surface area contributed by atoms with Gasteiger partial charge in [0.05, 0.1) is 21.6 Å². The van der Waals surface area contributed by atoms with Crippen LogP contribution >= 0.6 is 34.5 Å². The normalized spacial score (nSPS) is 20.4. The predicted molar refractivity (Wildman–Crippen MR) is 93.7 cm³/mol. The number of nitrogens with one attached hydrogen (secondary N) is 1. The Morgan fingerprint density at radius 2 is 2.00 bits per heavy atom. The maximum atomic E-state index is 11.4. The minimum atomic E-state index is -2.83. The van der Waals surface area contributed by atoms with Crippen molar-refractivity contribution in [1.29, 1.82) is 0 Å². The largest absolute Gasteiger partial charge is 0.308 e. The van der Waals surface area contributed by atoms with Gasteiger partial charge in [0.25, 0.3) is 0 Å². The molecule has 2 aromatic rings. The van der Waals surface area contributed by atoms with E-state index in [2.05, 4.69) is 11.4 Å². The molecule has 1 fully saturated rings. The molecule has 0 amide bonds. The van der Waals surface area contributed by atoms with Crippen molar-refractivity contribution < 1.29 is 8.42 Å². The van der Waals surface area contributed by atoms with Crippen LogP contribution in [0.5, 0.6) is 0 Å². The molecule has 1 unspecified atom stereocenters. The Balaban J connectivity index is 1.65. The summed E-state index contributed by atoms with van der Waals surface area (Å²) in [5.41, 5.74) is 1.04. The van der Waals surface area contributed by atoms with Gasteiger partial charge in [-0.25, -0.2) is 8.42 Å². The van der Waals surface area contributed by atoms with Crippen LogP contribution in [0, 0.1) is 0 Å². The Morgan fingerprint density at radius 1 is 1.18 bits per heavy atom. The van der Waals surface area contributed by atoms with Crippen LogP contribution in [0.2, 0.25) is 10.0 Å². The summed E-state index contributed by atoms with van der Waals surface area (Å²) in [6.07, 6.45) is 0.702. The summed E-state index contributed by atoms with van der Waals surface area (Å²) >= 11 is 13.6. The third-order valence-electron chi connectivity index (χ3n) is 3.66. The Kier molecular flexibility index (Phi) is 4.80. The van der Waals surface area contributed by atoms with Gasteiger partial charge in [-0.15, -0.1) is 11.3 Å². The third kappa shape index (κ3) is 3.84. The number of thiophene rings is 1. The van der Waals surface area contributed by atoms with Crippen molar-refractivity contribution in [3.8, 4) is 10.4 Å². The Hall–Kier alpha value is -0.590. The third-order valence-corrected chi connectivity index (χ3v) is 7.30. The second-order valence-electron chi connectivity index (χ2n) is 5.38. The van der Waals surface area contributed by atoms with Crippen LogP contribution in [0.15, 0.2) is 30.3 Å². The van der Waals surface area contributed by atoms with E-state index < -0.39 is 9.84 Å². The van der Waals surface area contributed by atoms with Crippen LogP contribution in [0.25, 0.3) is 10.4 Å². The molecule has 0 radical (unpaired) electrons. The molecule has 1 N–H and O–H groups in total. The lowest BCUT2D eigenvalue weighted by molar-refractivity contribution is 0.557. The summed E-state index contributed by atoms with van der Waals surface area (Å²) in [6.45, 7) is 0.687. The molecule has 1 aliphatic heterocycles. The minimum absolute atomic E-state index is 0.0699. The summed E-state index contributed by atoms with van der Waals surface area (Å²) in [5, 5.41) is 4.42. The van der Waals surface area contributed by atoms with E-state index in [9.17, 15) is 8.42 Å². The van der Waals surface area contributed by atoms with E-state index in [1.807, 2.05) is 18.2 Å². The van der Waals surface area contributed by atoms with E-state index in [0.29, 0.717) is 28.8 Å². The van der Waals surface area contributed by atoms with E-state index in [1.54, 1.807) is 17.4 Å². The number of hydrogen-bond donors (Lipinski definition) is 1. The maximum Gasteiger partial charge on any atom is 0.151 e. The zero-order chi connectivity index (χ0) is 15.7. The summed E-state index contributed by atoms with van der Waals surface area (Å²) in [7, 11) is -2.83. The molecular formula is C15H15Cl2NO2S2. The van der Waals surface area contributed by atoms with Gasteiger partial charge in [0.1, 0.15) is 0 Å². The first-order valence-electron chi connectivity index (χ1n) is 6.91. The van der Waals surface area contributed by atoms with Gasteiger partial charge in [-0.2, -0.15) is 0 Å². The first-order chi connectivity index (χ1) is 10.4. The molecule has 1 atom stereocenters. The number of rotatable bonds is 4. The highest BCUT2D eigenvalue weighted by atomic mass is 35.5. The van der Waals surface area contributed by atoms with Crippen LogP contribution in [0.3, 0.4) is 0 Å². The molecule has 118 valence electrons. The molecule has 3 nitrogen and oxygen atoms in total. The topological polar surface area (TPSA) is 46.2 Å². The lowest BCUT2D eigenvalue weighted by atomic mass is 10.2. The van der Waals surface area contributed by atoms with Crippen molar-refractivity contribution in [2.45, 2.75) is 19.0 Å². The first kappa shape index (κ1) is 16.3. The van der Waals surface area contributed by atoms with Crippen molar-refractivity contribution in [3.05, 3.63) is 45.3 Å². The van der Waals surface area contributed by atoms with E-state index >= 15 is 0 Å². The van der Waals surface area contributed by atoms with Gasteiger partial charge in [0, 0.05) is 22.3 Å². The second kappa shape index (κ2) is 6.49. The highest BCUT2D eigenvalue weighted by molar-refractivity contribution is 7.91. The van der Waals surface area contributed by atoms with Crippen LogP contribution in [-0.4, -0.2) is 26.0 Å². The molecule has 1 saturated heterocycles. The lowest BCUT2D eigenvalue weighted by Gasteiger charge is -2.08. The second-order valence-corrected chi connectivity index (χ2v) is 9.59. The molecule has 3 rings (SSSR count). The Labute approximate surface area is 144 Å². The van der Waals surface area contributed by atoms with Gasteiger partial charge in [0.2, 0.25) is 0 Å². The Bertz CT molecular complexity index is 787. The molecule has 1 aromatic carbocycles. The molecule has 7 heteroatoms. The fourth-order valence-electron chi connectivity index (χ4n) is 2.48. The summed E-state index contributed by atoms with van der Waals surface area (Å²) in [4.78, 5) is 2.29. The SMILES string of the molecule is O=S1(=O)CCC(NCc2ccc(-c3ccc(Cl)c(Cl)c3)s2)C1. The van der Waals surface area contributed by atoms with Crippen molar-refractivity contribution in [2.24, 2.45) is 0 Å². The predicted octanol–water partition coefficient (Wildman–Crippen LogP) is 4.00. The highest BCUT2D eigenvalue weighted by Gasteiger charge is 2.27. The van der Waals surface area contributed by atoms with E-state index in [1.165, 1.54) is 4.88 Å². The molecule has 0 bridgehead atoms. The fourth-order valence-corrected chi connectivity index (χ4v) is 5.44. The van der Waals surface area contributed by atoms with Crippen molar-refractivity contribution in [1.82, 2.24) is 5.32 Å². The van der Waals surface area contributed by atoms with Crippen molar-refractivity contribution >= 4 is 44.4 Å². The molecule has 1 aliphatic rings. The molecule has 0 aliphatic carbocycles. The molecule has 2 heterocycles. The minimum Gasteiger partial charge on any atom is -0.308 e. The lowest BCUT2D eigenvalue weighted by Crippen LogP contribution is -2.29. The number of halogens is 2. The van der Waals surface area contributed by atoms with Crippen LogP contribution < -0.4 is 5.32 Å². The maximum absolute atomic E-state index is 11.4. The van der Waals surface area contributed by atoms with Gasteiger partial charge in [-0.3, -0.25) is 0 Å². The Morgan fingerprint density at radius 3 is 2.68 bits per heavy atom. The van der Waals surface area contributed by atoms with Crippen LogP contribution in [0.4, 0.5) is 0 Å². The van der Waals surface area contributed by atoms with Gasteiger partial charge < -0.3 is 5.32 Å². The molecular weight excluding hydrogens is 361 g/mol. The number of hydrogen-bond acceptors (Lipinski definition) is 4. The van der Waals surface area contributed by atoms with Gasteiger partial charge in [-0.05, 0) is 36.2 Å². The average Bonchev–Trinajstić information content (AvgIpc) is 3.06.